The van der Waals surface area contributed by atoms with E-state index >= 15 is 0 Å². The molecule has 3 N–H and O–H groups in total. The standard InChI is InChI=1S/C14H27N3O.ClH/c1-10(15)12-7-8-17(9-12)11(2)14(18)16-13-5-3-4-6-13;/h10-13H,3-9,15H2,1-2H3,(H,16,18);1H. The topological polar surface area (TPSA) is 58.4 Å². The Balaban J connectivity index is 0.00000180. The molecular formula is C14H28ClN3O. The van der Waals surface area contributed by atoms with Crippen molar-refractivity contribution in [1.82, 2.24) is 10.2 Å². The fourth-order valence-electron chi connectivity index (χ4n) is 3.15. The van der Waals surface area contributed by atoms with Gasteiger partial charge in [0.15, 0.2) is 0 Å². The molecule has 1 saturated carbocycles. The Morgan fingerprint density at radius 2 is 1.89 bits per heavy atom. The van der Waals surface area contributed by atoms with Crippen LogP contribution in [-0.2, 0) is 4.79 Å². The minimum absolute atomic E-state index is 0. The van der Waals surface area contributed by atoms with E-state index in [-0.39, 0.29) is 30.4 Å². The van der Waals surface area contributed by atoms with Crippen LogP contribution >= 0.6 is 12.4 Å². The lowest BCUT2D eigenvalue weighted by atomic mass is 10.0. The van der Waals surface area contributed by atoms with E-state index < -0.39 is 0 Å². The quantitative estimate of drug-likeness (QED) is 0.825. The summed E-state index contributed by atoms with van der Waals surface area (Å²) in [6.45, 7) is 6.06. The van der Waals surface area contributed by atoms with Crippen molar-refractivity contribution in [3.8, 4) is 0 Å². The van der Waals surface area contributed by atoms with Crippen molar-refractivity contribution in [3.05, 3.63) is 0 Å². The highest BCUT2D eigenvalue weighted by atomic mass is 35.5. The highest BCUT2D eigenvalue weighted by Gasteiger charge is 2.32. The molecule has 1 amide bonds. The van der Waals surface area contributed by atoms with Crippen LogP contribution in [0, 0.1) is 5.92 Å². The first-order valence-corrected chi connectivity index (χ1v) is 7.38. The summed E-state index contributed by atoms with van der Waals surface area (Å²) in [5, 5.41) is 3.19. The largest absolute Gasteiger partial charge is 0.352 e. The molecule has 1 saturated heterocycles. The molecule has 0 aromatic rings. The van der Waals surface area contributed by atoms with Gasteiger partial charge in [0.25, 0.3) is 0 Å². The van der Waals surface area contributed by atoms with E-state index in [1.165, 1.54) is 12.8 Å². The second kappa shape index (κ2) is 7.46. The predicted octanol–water partition coefficient (Wildman–Crippen LogP) is 1.52. The van der Waals surface area contributed by atoms with Gasteiger partial charge in [0.05, 0.1) is 6.04 Å². The Morgan fingerprint density at radius 1 is 1.26 bits per heavy atom. The molecule has 0 aromatic heterocycles. The summed E-state index contributed by atoms with van der Waals surface area (Å²) in [4.78, 5) is 14.5. The van der Waals surface area contributed by atoms with Crippen LogP contribution in [-0.4, -0.2) is 42.0 Å². The molecule has 1 aliphatic carbocycles. The summed E-state index contributed by atoms with van der Waals surface area (Å²) in [5.74, 6) is 0.749. The number of carbonyl (C=O) groups excluding carboxylic acids is 1. The Hall–Kier alpha value is -0.320. The van der Waals surface area contributed by atoms with Crippen molar-refractivity contribution >= 4 is 18.3 Å². The van der Waals surface area contributed by atoms with Gasteiger partial charge >= 0.3 is 0 Å². The van der Waals surface area contributed by atoms with Crippen molar-refractivity contribution in [2.45, 2.75) is 64.1 Å². The molecule has 2 fully saturated rings. The van der Waals surface area contributed by atoms with E-state index in [9.17, 15) is 4.79 Å². The van der Waals surface area contributed by atoms with Crippen molar-refractivity contribution < 1.29 is 4.79 Å². The zero-order chi connectivity index (χ0) is 13.1. The minimum atomic E-state index is -0.00523. The molecule has 0 aromatic carbocycles. The van der Waals surface area contributed by atoms with Crippen LogP contribution in [0.25, 0.3) is 0 Å². The molecule has 5 heteroatoms. The third kappa shape index (κ3) is 4.33. The lowest BCUT2D eigenvalue weighted by Gasteiger charge is -2.25. The van der Waals surface area contributed by atoms with Crippen LogP contribution in [0.2, 0.25) is 0 Å². The van der Waals surface area contributed by atoms with E-state index in [0.717, 1.165) is 32.4 Å². The first-order valence-electron chi connectivity index (χ1n) is 7.38. The molecule has 3 atom stereocenters. The molecule has 0 bridgehead atoms. The molecule has 4 nitrogen and oxygen atoms in total. The van der Waals surface area contributed by atoms with E-state index in [0.29, 0.717) is 12.0 Å². The lowest BCUT2D eigenvalue weighted by molar-refractivity contribution is -0.126. The Kier molecular flexibility index (Phi) is 6.57. The number of likely N-dealkylation sites (tertiary alicyclic amines) is 1. The first kappa shape index (κ1) is 16.7. The van der Waals surface area contributed by atoms with Crippen LogP contribution in [0.5, 0.6) is 0 Å². The molecule has 3 unspecified atom stereocenters. The van der Waals surface area contributed by atoms with Crippen LogP contribution in [0.3, 0.4) is 0 Å². The molecule has 1 aliphatic heterocycles. The van der Waals surface area contributed by atoms with Gasteiger partial charge in [-0.25, -0.2) is 0 Å². The fraction of sp³-hybridized carbons (Fsp3) is 0.929. The maximum Gasteiger partial charge on any atom is 0.237 e. The van der Waals surface area contributed by atoms with E-state index in [2.05, 4.69) is 17.1 Å². The van der Waals surface area contributed by atoms with Gasteiger partial charge in [-0.2, -0.15) is 0 Å². The molecule has 2 aliphatic rings. The second-order valence-corrected chi connectivity index (χ2v) is 6.07. The van der Waals surface area contributed by atoms with E-state index in [1.54, 1.807) is 0 Å². The number of rotatable bonds is 4. The maximum atomic E-state index is 12.2. The van der Waals surface area contributed by atoms with E-state index in [1.807, 2.05) is 6.92 Å². The maximum absolute atomic E-state index is 12.2. The smallest absolute Gasteiger partial charge is 0.237 e. The number of halogens is 1. The lowest BCUT2D eigenvalue weighted by Crippen LogP contribution is -2.47. The number of nitrogens with zero attached hydrogens (tertiary/aromatic N) is 1. The summed E-state index contributed by atoms with van der Waals surface area (Å²) in [6.07, 6.45) is 5.95. The Labute approximate surface area is 122 Å². The SMILES string of the molecule is CC(N)C1CCN(C(C)C(=O)NC2CCCC2)C1.Cl. The highest BCUT2D eigenvalue weighted by Crippen LogP contribution is 2.22. The van der Waals surface area contributed by atoms with Crippen molar-refractivity contribution in [2.75, 3.05) is 13.1 Å². The normalized spacial score (nSPS) is 27.8. The third-order valence-electron chi connectivity index (χ3n) is 4.63. The van der Waals surface area contributed by atoms with Gasteiger partial charge in [0, 0.05) is 18.6 Å². The van der Waals surface area contributed by atoms with Gasteiger partial charge in [-0.05, 0) is 45.6 Å². The molecule has 2 rings (SSSR count). The zero-order valence-corrected chi connectivity index (χ0v) is 12.9. The van der Waals surface area contributed by atoms with Crippen molar-refractivity contribution in [1.29, 1.82) is 0 Å². The fourth-order valence-corrected chi connectivity index (χ4v) is 3.15. The van der Waals surface area contributed by atoms with Crippen LogP contribution in [0.4, 0.5) is 0 Å². The summed E-state index contributed by atoms with van der Waals surface area (Å²) >= 11 is 0. The van der Waals surface area contributed by atoms with Crippen molar-refractivity contribution in [2.24, 2.45) is 11.7 Å². The first-order chi connectivity index (χ1) is 8.58. The molecule has 0 spiro atoms. The summed E-state index contributed by atoms with van der Waals surface area (Å²) < 4.78 is 0. The van der Waals surface area contributed by atoms with Gasteiger partial charge in [-0.3, -0.25) is 9.69 Å². The minimum Gasteiger partial charge on any atom is -0.352 e. The van der Waals surface area contributed by atoms with Gasteiger partial charge < -0.3 is 11.1 Å². The van der Waals surface area contributed by atoms with Crippen LogP contribution in [0.1, 0.15) is 46.0 Å². The number of carbonyl (C=O) groups is 1. The zero-order valence-electron chi connectivity index (χ0n) is 12.1. The summed E-state index contributed by atoms with van der Waals surface area (Å²) in [7, 11) is 0. The van der Waals surface area contributed by atoms with Gasteiger partial charge in [-0.15, -0.1) is 12.4 Å². The Morgan fingerprint density at radius 3 is 2.42 bits per heavy atom. The number of hydrogen-bond acceptors (Lipinski definition) is 3. The van der Waals surface area contributed by atoms with Gasteiger partial charge in [-0.1, -0.05) is 12.8 Å². The van der Waals surface area contributed by atoms with Crippen LogP contribution in [0.15, 0.2) is 0 Å². The summed E-state index contributed by atoms with van der Waals surface area (Å²) in [5.41, 5.74) is 5.94. The highest BCUT2D eigenvalue weighted by molar-refractivity contribution is 5.85. The molecular weight excluding hydrogens is 262 g/mol. The second-order valence-electron chi connectivity index (χ2n) is 6.07. The average Bonchev–Trinajstić information content (AvgIpc) is 2.98. The van der Waals surface area contributed by atoms with E-state index in [4.69, 9.17) is 5.73 Å². The van der Waals surface area contributed by atoms with Gasteiger partial charge in [0.2, 0.25) is 5.91 Å². The average molecular weight is 290 g/mol. The number of amides is 1. The summed E-state index contributed by atoms with van der Waals surface area (Å²) in [6, 6.07) is 0.654. The number of hydrogen-bond donors (Lipinski definition) is 2. The predicted molar refractivity (Wildman–Crippen MR) is 80.4 cm³/mol. The van der Waals surface area contributed by atoms with Crippen LogP contribution < -0.4 is 11.1 Å². The number of nitrogens with two attached hydrogens (primary N) is 1. The van der Waals surface area contributed by atoms with Gasteiger partial charge in [0.1, 0.15) is 0 Å². The Bertz CT molecular complexity index is 292. The monoisotopic (exact) mass is 289 g/mol. The molecule has 19 heavy (non-hydrogen) atoms. The third-order valence-corrected chi connectivity index (χ3v) is 4.63. The number of nitrogens with one attached hydrogen (secondary N) is 1. The molecule has 112 valence electrons. The van der Waals surface area contributed by atoms with Crippen molar-refractivity contribution in [3.63, 3.8) is 0 Å². The molecule has 0 radical (unpaired) electrons. The molecule has 1 heterocycles.